The summed E-state index contributed by atoms with van der Waals surface area (Å²) < 4.78 is 0. The molecule has 2 rings (SSSR count). The standard InChI is InChI=1S/C14H23N3/c1-12-11-14(7-9-16-12)17-10-4-3-5-13(17)6-8-15-2/h7,9,11,13,15H,3-6,8,10H2,1-2H3. The summed E-state index contributed by atoms with van der Waals surface area (Å²) in [7, 11) is 2.03. The van der Waals surface area contributed by atoms with E-state index in [-0.39, 0.29) is 0 Å². The second kappa shape index (κ2) is 6.01. The smallest absolute Gasteiger partial charge is 0.0402 e. The van der Waals surface area contributed by atoms with Gasteiger partial charge in [-0.05, 0) is 58.3 Å². The molecule has 1 aromatic heterocycles. The molecule has 0 aliphatic carbocycles. The van der Waals surface area contributed by atoms with Gasteiger partial charge in [0.15, 0.2) is 0 Å². The van der Waals surface area contributed by atoms with E-state index in [1.54, 1.807) is 0 Å². The zero-order valence-corrected chi connectivity index (χ0v) is 10.9. The van der Waals surface area contributed by atoms with Crippen molar-refractivity contribution in [2.24, 2.45) is 0 Å². The first-order valence-corrected chi connectivity index (χ1v) is 6.65. The average molecular weight is 233 g/mol. The molecule has 0 aromatic carbocycles. The van der Waals surface area contributed by atoms with Gasteiger partial charge in [0.1, 0.15) is 0 Å². The van der Waals surface area contributed by atoms with Gasteiger partial charge < -0.3 is 10.2 Å². The lowest BCUT2D eigenvalue weighted by Crippen LogP contribution is -2.41. The Morgan fingerprint density at radius 2 is 2.35 bits per heavy atom. The van der Waals surface area contributed by atoms with Crippen LogP contribution in [0, 0.1) is 6.92 Å². The fraction of sp³-hybridized carbons (Fsp3) is 0.643. The molecule has 0 spiro atoms. The first kappa shape index (κ1) is 12.4. The van der Waals surface area contributed by atoms with Gasteiger partial charge in [0.2, 0.25) is 0 Å². The van der Waals surface area contributed by atoms with Gasteiger partial charge in [-0.15, -0.1) is 0 Å². The summed E-state index contributed by atoms with van der Waals surface area (Å²) in [6.07, 6.45) is 7.17. The third kappa shape index (κ3) is 3.19. The molecule has 3 heteroatoms. The number of nitrogens with one attached hydrogen (secondary N) is 1. The molecule has 94 valence electrons. The zero-order chi connectivity index (χ0) is 12.1. The molecule has 0 bridgehead atoms. The zero-order valence-electron chi connectivity index (χ0n) is 10.9. The molecule has 0 amide bonds. The van der Waals surface area contributed by atoms with Crippen LogP contribution in [-0.2, 0) is 0 Å². The van der Waals surface area contributed by atoms with Gasteiger partial charge in [-0.25, -0.2) is 0 Å². The molecule has 2 heterocycles. The summed E-state index contributed by atoms with van der Waals surface area (Å²) in [5, 5.41) is 3.26. The van der Waals surface area contributed by atoms with Gasteiger partial charge >= 0.3 is 0 Å². The van der Waals surface area contributed by atoms with Crippen molar-refractivity contribution < 1.29 is 0 Å². The van der Waals surface area contributed by atoms with Crippen LogP contribution in [0.1, 0.15) is 31.4 Å². The van der Waals surface area contributed by atoms with E-state index in [9.17, 15) is 0 Å². The van der Waals surface area contributed by atoms with E-state index in [0.29, 0.717) is 6.04 Å². The van der Waals surface area contributed by atoms with Gasteiger partial charge in [0.05, 0.1) is 0 Å². The highest BCUT2D eigenvalue weighted by Crippen LogP contribution is 2.26. The number of hydrogen-bond donors (Lipinski definition) is 1. The molecule has 1 saturated heterocycles. The number of anilines is 1. The van der Waals surface area contributed by atoms with E-state index in [2.05, 4.69) is 34.3 Å². The molecular weight excluding hydrogens is 210 g/mol. The number of pyridine rings is 1. The minimum absolute atomic E-state index is 0.693. The maximum Gasteiger partial charge on any atom is 0.0402 e. The second-order valence-corrected chi connectivity index (χ2v) is 4.89. The highest BCUT2D eigenvalue weighted by Gasteiger charge is 2.22. The second-order valence-electron chi connectivity index (χ2n) is 4.89. The van der Waals surface area contributed by atoms with Crippen LogP contribution in [0.2, 0.25) is 0 Å². The number of nitrogens with zero attached hydrogens (tertiary/aromatic N) is 2. The van der Waals surface area contributed by atoms with Crippen LogP contribution in [0.25, 0.3) is 0 Å². The van der Waals surface area contributed by atoms with Gasteiger partial charge in [0.25, 0.3) is 0 Å². The van der Waals surface area contributed by atoms with Crippen LogP contribution >= 0.6 is 0 Å². The molecular formula is C14H23N3. The lowest BCUT2D eigenvalue weighted by atomic mass is 9.98. The van der Waals surface area contributed by atoms with E-state index in [1.165, 1.54) is 37.9 Å². The number of aryl methyl sites for hydroxylation is 1. The molecule has 1 unspecified atom stereocenters. The van der Waals surface area contributed by atoms with Gasteiger partial charge in [-0.2, -0.15) is 0 Å². The molecule has 1 aliphatic heterocycles. The Morgan fingerprint density at radius 3 is 3.12 bits per heavy atom. The molecule has 3 nitrogen and oxygen atoms in total. The molecule has 1 atom stereocenters. The molecule has 0 saturated carbocycles. The van der Waals surface area contributed by atoms with Gasteiger partial charge in [-0.3, -0.25) is 4.98 Å². The quantitative estimate of drug-likeness (QED) is 0.865. The summed E-state index contributed by atoms with van der Waals surface area (Å²) in [5.41, 5.74) is 2.46. The third-order valence-electron chi connectivity index (χ3n) is 3.57. The summed E-state index contributed by atoms with van der Waals surface area (Å²) in [6, 6.07) is 5.04. The predicted molar refractivity (Wildman–Crippen MR) is 72.5 cm³/mol. The van der Waals surface area contributed by atoms with Crippen molar-refractivity contribution in [3.8, 4) is 0 Å². The predicted octanol–water partition coefficient (Wildman–Crippen LogP) is 2.36. The van der Waals surface area contributed by atoms with Crippen molar-refractivity contribution in [3.63, 3.8) is 0 Å². The van der Waals surface area contributed by atoms with E-state index in [4.69, 9.17) is 0 Å². The first-order chi connectivity index (χ1) is 8.31. The number of piperidine rings is 1. The van der Waals surface area contributed by atoms with Crippen molar-refractivity contribution in [1.29, 1.82) is 0 Å². The molecule has 17 heavy (non-hydrogen) atoms. The Labute approximate surface area is 104 Å². The lowest BCUT2D eigenvalue weighted by molar-refractivity contribution is 0.433. The fourth-order valence-electron chi connectivity index (χ4n) is 2.66. The van der Waals surface area contributed by atoms with Crippen LogP contribution in [0.4, 0.5) is 5.69 Å². The summed E-state index contributed by atoms with van der Waals surface area (Å²) >= 11 is 0. The van der Waals surface area contributed by atoms with Crippen LogP contribution in [0.3, 0.4) is 0 Å². The molecule has 1 aliphatic rings. The van der Waals surface area contributed by atoms with E-state index in [0.717, 1.165) is 12.2 Å². The largest absolute Gasteiger partial charge is 0.368 e. The average Bonchev–Trinajstić information content (AvgIpc) is 2.37. The molecule has 1 fully saturated rings. The monoisotopic (exact) mass is 233 g/mol. The van der Waals surface area contributed by atoms with Crippen LogP contribution in [-0.4, -0.2) is 31.2 Å². The summed E-state index contributed by atoms with van der Waals surface area (Å²) in [4.78, 5) is 6.85. The fourth-order valence-corrected chi connectivity index (χ4v) is 2.66. The topological polar surface area (TPSA) is 28.2 Å². The third-order valence-corrected chi connectivity index (χ3v) is 3.57. The highest BCUT2D eigenvalue weighted by atomic mass is 15.2. The van der Waals surface area contributed by atoms with Crippen molar-refractivity contribution in [3.05, 3.63) is 24.0 Å². The number of aromatic nitrogens is 1. The van der Waals surface area contributed by atoms with E-state index < -0.39 is 0 Å². The first-order valence-electron chi connectivity index (χ1n) is 6.65. The van der Waals surface area contributed by atoms with Crippen molar-refractivity contribution in [2.45, 2.75) is 38.6 Å². The van der Waals surface area contributed by atoms with Crippen LogP contribution in [0.5, 0.6) is 0 Å². The van der Waals surface area contributed by atoms with Gasteiger partial charge in [-0.1, -0.05) is 0 Å². The maximum absolute atomic E-state index is 4.28. The van der Waals surface area contributed by atoms with Crippen molar-refractivity contribution in [2.75, 3.05) is 25.0 Å². The number of rotatable bonds is 4. The molecule has 1 N–H and O–H groups in total. The Balaban J connectivity index is 2.10. The normalized spacial score (nSPS) is 20.6. The summed E-state index contributed by atoms with van der Waals surface area (Å²) in [6.45, 7) is 4.36. The van der Waals surface area contributed by atoms with E-state index >= 15 is 0 Å². The SMILES string of the molecule is CNCCC1CCCCN1c1ccnc(C)c1. The molecule has 1 aromatic rings. The maximum atomic E-state index is 4.28. The lowest BCUT2D eigenvalue weighted by Gasteiger charge is -2.37. The number of hydrogen-bond acceptors (Lipinski definition) is 3. The Morgan fingerprint density at radius 1 is 1.47 bits per heavy atom. The Bertz CT molecular complexity index is 351. The van der Waals surface area contributed by atoms with Crippen molar-refractivity contribution in [1.82, 2.24) is 10.3 Å². The molecule has 0 radical (unpaired) electrons. The minimum atomic E-state index is 0.693. The van der Waals surface area contributed by atoms with Gasteiger partial charge in [0, 0.05) is 30.2 Å². The Hall–Kier alpha value is -1.09. The van der Waals surface area contributed by atoms with Crippen molar-refractivity contribution >= 4 is 5.69 Å². The van der Waals surface area contributed by atoms with E-state index in [1.807, 2.05) is 13.2 Å². The minimum Gasteiger partial charge on any atom is -0.368 e. The highest BCUT2D eigenvalue weighted by molar-refractivity contribution is 5.47. The van der Waals surface area contributed by atoms with Crippen LogP contribution < -0.4 is 10.2 Å². The van der Waals surface area contributed by atoms with Crippen LogP contribution in [0.15, 0.2) is 18.3 Å². The Kier molecular flexibility index (Phi) is 4.37. The summed E-state index contributed by atoms with van der Waals surface area (Å²) in [5.74, 6) is 0.